The van der Waals surface area contributed by atoms with E-state index >= 15 is 0 Å². The van der Waals surface area contributed by atoms with E-state index in [1.54, 1.807) is 19.1 Å². The summed E-state index contributed by atoms with van der Waals surface area (Å²) in [5.74, 6) is -2.31. The molecule has 0 spiro atoms. The molecule has 0 aliphatic carbocycles. The van der Waals surface area contributed by atoms with E-state index in [-0.39, 0.29) is 30.1 Å². The number of benzene rings is 1. The van der Waals surface area contributed by atoms with Crippen LogP contribution in [0.2, 0.25) is 0 Å². The van der Waals surface area contributed by atoms with Gasteiger partial charge >= 0.3 is 17.9 Å². The van der Waals surface area contributed by atoms with Crippen molar-refractivity contribution in [3.63, 3.8) is 0 Å². The van der Waals surface area contributed by atoms with Gasteiger partial charge < -0.3 is 19.5 Å². The van der Waals surface area contributed by atoms with E-state index in [1.807, 2.05) is 0 Å². The summed E-state index contributed by atoms with van der Waals surface area (Å²) in [4.78, 5) is 46.4. The monoisotopic (exact) mass is 351 g/mol. The molecule has 0 unspecified atom stereocenters. The Hall–Kier alpha value is -2.90. The molecule has 8 nitrogen and oxygen atoms in total. The Morgan fingerprint density at radius 1 is 1.00 bits per heavy atom. The van der Waals surface area contributed by atoms with Gasteiger partial charge in [0.05, 0.1) is 24.8 Å². The first-order valence-corrected chi connectivity index (χ1v) is 7.76. The van der Waals surface area contributed by atoms with Crippen molar-refractivity contribution in [3.8, 4) is 0 Å². The Morgan fingerprint density at radius 2 is 1.64 bits per heavy atom. The predicted molar refractivity (Wildman–Crippen MR) is 86.9 cm³/mol. The smallest absolute Gasteiger partial charge is 0.339 e. The first-order chi connectivity index (χ1) is 12.0. The number of esters is 3. The van der Waals surface area contributed by atoms with Crippen LogP contribution < -0.4 is 5.32 Å². The molecule has 1 amide bonds. The zero-order valence-corrected chi connectivity index (χ0v) is 14.2. The van der Waals surface area contributed by atoms with E-state index in [0.717, 1.165) is 0 Å². The van der Waals surface area contributed by atoms with Gasteiger partial charge in [0.25, 0.3) is 5.91 Å². The van der Waals surface area contributed by atoms with Gasteiger partial charge in [-0.15, -0.1) is 0 Å². The molecular weight excluding hydrogens is 330 g/mol. The van der Waals surface area contributed by atoms with Gasteiger partial charge in [-0.05, 0) is 25.5 Å². The van der Waals surface area contributed by atoms with Crippen molar-refractivity contribution in [1.29, 1.82) is 0 Å². The summed E-state index contributed by atoms with van der Waals surface area (Å²) in [6, 6.07) is 5.99. The van der Waals surface area contributed by atoms with E-state index in [1.165, 1.54) is 19.2 Å². The van der Waals surface area contributed by atoms with Crippen molar-refractivity contribution >= 4 is 23.8 Å². The molecule has 0 radical (unpaired) electrons. The third kappa shape index (κ3) is 7.03. The summed E-state index contributed by atoms with van der Waals surface area (Å²) < 4.78 is 14.2. The van der Waals surface area contributed by atoms with Crippen LogP contribution in [0.3, 0.4) is 0 Å². The van der Waals surface area contributed by atoms with Crippen LogP contribution >= 0.6 is 0 Å². The minimum atomic E-state index is -0.803. The Bertz CT molecular complexity index is 627. The molecule has 0 saturated carbocycles. The van der Waals surface area contributed by atoms with Gasteiger partial charge in [-0.3, -0.25) is 9.59 Å². The van der Waals surface area contributed by atoms with Crippen LogP contribution in [0, 0.1) is 0 Å². The summed E-state index contributed by atoms with van der Waals surface area (Å²) >= 11 is 0. The van der Waals surface area contributed by atoms with Crippen molar-refractivity contribution in [2.24, 2.45) is 0 Å². The van der Waals surface area contributed by atoms with Gasteiger partial charge in [0.2, 0.25) is 0 Å². The van der Waals surface area contributed by atoms with Gasteiger partial charge in [-0.1, -0.05) is 12.1 Å². The van der Waals surface area contributed by atoms with Crippen LogP contribution in [0.4, 0.5) is 0 Å². The Balaban J connectivity index is 2.40. The third-order valence-electron chi connectivity index (χ3n) is 3.07. The van der Waals surface area contributed by atoms with Gasteiger partial charge in [-0.25, -0.2) is 9.59 Å². The zero-order chi connectivity index (χ0) is 18.7. The Morgan fingerprint density at radius 3 is 2.24 bits per heavy atom. The number of amides is 1. The van der Waals surface area contributed by atoms with E-state index < -0.39 is 24.5 Å². The third-order valence-corrected chi connectivity index (χ3v) is 3.07. The number of rotatable bonds is 9. The fraction of sp³-hybridized carbons (Fsp3) is 0.412. The highest BCUT2D eigenvalue weighted by molar-refractivity contribution is 6.03. The fourth-order valence-electron chi connectivity index (χ4n) is 1.90. The minimum absolute atomic E-state index is 0.0180. The van der Waals surface area contributed by atoms with Crippen molar-refractivity contribution < 1.29 is 33.4 Å². The molecule has 1 N–H and O–H groups in total. The molecule has 0 aliphatic heterocycles. The lowest BCUT2D eigenvalue weighted by atomic mass is 10.1. The lowest BCUT2D eigenvalue weighted by Crippen LogP contribution is -2.30. The zero-order valence-electron chi connectivity index (χ0n) is 14.2. The SMILES string of the molecule is CCOC(=O)CCCNC(=O)COC(=O)c1ccccc1C(=O)OC. The van der Waals surface area contributed by atoms with Crippen molar-refractivity contribution in [3.05, 3.63) is 35.4 Å². The second kappa shape index (κ2) is 10.8. The number of nitrogens with one attached hydrogen (secondary N) is 1. The van der Waals surface area contributed by atoms with Crippen LogP contribution in [0.25, 0.3) is 0 Å². The maximum Gasteiger partial charge on any atom is 0.339 e. The summed E-state index contributed by atoms with van der Waals surface area (Å²) in [5, 5.41) is 2.52. The average Bonchev–Trinajstić information content (AvgIpc) is 2.62. The predicted octanol–water partition coefficient (Wildman–Crippen LogP) is 1.09. The molecule has 136 valence electrons. The average molecular weight is 351 g/mol. The number of hydrogen-bond donors (Lipinski definition) is 1. The van der Waals surface area contributed by atoms with Gasteiger partial charge in [0.15, 0.2) is 6.61 Å². The van der Waals surface area contributed by atoms with Crippen molar-refractivity contribution in [1.82, 2.24) is 5.32 Å². The van der Waals surface area contributed by atoms with E-state index in [4.69, 9.17) is 9.47 Å². The minimum Gasteiger partial charge on any atom is -0.466 e. The van der Waals surface area contributed by atoms with Gasteiger partial charge in [0.1, 0.15) is 0 Å². The molecule has 1 rings (SSSR count). The number of methoxy groups -OCH3 is 1. The standard InChI is InChI=1S/C17H21NO7/c1-3-24-15(20)9-6-10-18-14(19)11-25-17(22)13-8-5-4-7-12(13)16(21)23-2/h4-5,7-8H,3,6,9-11H2,1-2H3,(H,18,19). The largest absolute Gasteiger partial charge is 0.466 e. The highest BCUT2D eigenvalue weighted by Gasteiger charge is 2.19. The summed E-state index contributed by atoms with van der Waals surface area (Å²) in [5.41, 5.74) is 0.0781. The molecule has 25 heavy (non-hydrogen) atoms. The lowest BCUT2D eigenvalue weighted by molar-refractivity contribution is -0.143. The number of carbonyl (C=O) groups is 4. The quantitative estimate of drug-likeness (QED) is 0.403. The van der Waals surface area contributed by atoms with Crippen LogP contribution in [0.5, 0.6) is 0 Å². The topological polar surface area (TPSA) is 108 Å². The van der Waals surface area contributed by atoms with Crippen molar-refractivity contribution in [2.45, 2.75) is 19.8 Å². The summed E-state index contributed by atoms with van der Waals surface area (Å²) in [6.07, 6.45) is 0.615. The van der Waals surface area contributed by atoms with E-state index in [2.05, 4.69) is 10.1 Å². The molecule has 1 aromatic rings. The Kier molecular flexibility index (Phi) is 8.70. The molecular formula is C17H21NO7. The summed E-state index contributed by atoms with van der Waals surface area (Å²) in [6.45, 7) is 1.79. The molecule has 0 heterocycles. The van der Waals surface area contributed by atoms with E-state index in [9.17, 15) is 19.2 Å². The number of hydrogen-bond acceptors (Lipinski definition) is 7. The normalized spacial score (nSPS) is 9.84. The first-order valence-electron chi connectivity index (χ1n) is 7.76. The lowest BCUT2D eigenvalue weighted by Gasteiger charge is -2.09. The molecule has 8 heteroatoms. The van der Waals surface area contributed by atoms with Crippen LogP contribution in [0.15, 0.2) is 24.3 Å². The molecule has 0 atom stereocenters. The molecule has 0 saturated heterocycles. The Labute approximate surface area is 145 Å². The molecule has 1 aromatic carbocycles. The fourth-order valence-corrected chi connectivity index (χ4v) is 1.90. The second-order valence-electron chi connectivity index (χ2n) is 4.87. The maximum absolute atomic E-state index is 12.0. The highest BCUT2D eigenvalue weighted by Crippen LogP contribution is 2.11. The molecule has 0 fully saturated rings. The molecule has 0 aliphatic rings. The highest BCUT2D eigenvalue weighted by atomic mass is 16.5. The maximum atomic E-state index is 12.0. The second-order valence-corrected chi connectivity index (χ2v) is 4.87. The first kappa shape index (κ1) is 20.1. The summed E-state index contributed by atoms with van der Waals surface area (Å²) in [7, 11) is 1.20. The van der Waals surface area contributed by atoms with Crippen molar-refractivity contribution in [2.75, 3.05) is 26.9 Å². The van der Waals surface area contributed by atoms with Gasteiger partial charge in [0, 0.05) is 13.0 Å². The molecule has 0 bridgehead atoms. The number of carbonyl (C=O) groups excluding carboxylic acids is 4. The van der Waals surface area contributed by atoms with Gasteiger partial charge in [-0.2, -0.15) is 0 Å². The molecule has 0 aromatic heterocycles. The van der Waals surface area contributed by atoms with Crippen LogP contribution in [0.1, 0.15) is 40.5 Å². The van der Waals surface area contributed by atoms with E-state index in [0.29, 0.717) is 13.0 Å². The van der Waals surface area contributed by atoms with Crippen LogP contribution in [-0.2, 0) is 23.8 Å². The van der Waals surface area contributed by atoms with Crippen LogP contribution in [-0.4, -0.2) is 50.7 Å². The number of ether oxygens (including phenoxy) is 3.